The van der Waals surface area contributed by atoms with Gasteiger partial charge in [0.2, 0.25) is 0 Å². The summed E-state index contributed by atoms with van der Waals surface area (Å²) < 4.78 is 0. The highest BCUT2D eigenvalue weighted by Gasteiger charge is 2.27. The van der Waals surface area contributed by atoms with Crippen molar-refractivity contribution in [2.24, 2.45) is 0 Å². The number of nitrogens with zero attached hydrogens (tertiary/aromatic N) is 3. The number of aromatic nitrogens is 1. The summed E-state index contributed by atoms with van der Waals surface area (Å²) in [6.45, 7) is 1.92. The van der Waals surface area contributed by atoms with Gasteiger partial charge in [0.25, 0.3) is 11.8 Å². The third-order valence-electron chi connectivity index (χ3n) is 5.78. The van der Waals surface area contributed by atoms with E-state index in [2.05, 4.69) is 23.2 Å². The zero-order valence-corrected chi connectivity index (χ0v) is 16.0. The largest absolute Gasteiger partial charge is 0.334 e. The van der Waals surface area contributed by atoms with Crippen LogP contribution in [0.5, 0.6) is 0 Å². The number of carbonyl (C=O) groups excluding carboxylic acids is 2. The van der Waals surface area contributed by atoms with Crippen molar-refractivity contribution < 1.29 is 9.59 Å². The van der Waals surface area contributed by atoms with Crippen molar-refractivity contribution in [3.8, 4) is 0 Å². The van der Waals surface area contributed by atoms with E-state index < -0.39 is 0 Å². The Bertz CT molecular complexity index is 1110. The van der Waals surface area contributed by atoms with E-state index in [1.807, 2.05) is 35.2 Å². The highest BCUT2D eigenvalue weighted by atomic mass is 16.2. The Labute approximate surface area is 169 Å². The molecular weight excluding hydrogens is 362 g/mol. The minimum absolute atomic E-state index is 0.0801. The Morgan fingerprint density at radius 3 is 2.24 bits per heavy atom. The van der Waals surface area contributed by atoms with Crippen LogP contribution in [0.25, 0.3) is 0 Å². The van der Waals surface area contributed by atoms with Crippen molar-refractivity contribution in [2.75, 3.05) is 18.0 Å². The Kier molecular flexibility index (Phi) is 4.35. The molecule has 2 aliphatic rings. The quantitative estimate of drug-likeness (QED) is 0.681. The summed E-state index contributed by atoms with van der Waals surface area (Å²) in [5, 5.41) is 0. The lowest BCUT2D eigenvalue weighted by Crippen LogP contribution is -2.36. The number of hydrogen-bond acceptors (Lipinski definition) is 3. The minimum atomic E-state index is -0.110. The summed E-state index contributed by atoms with van der Waals surface area (Å²) in [6, 6.07) is 17.8. The fourth-order valence-corrected chi connectivity index (χ4v) is 4.23. The predicted molar refractivity (Wildman–Crippen MR) is 111 cm³/mol. The first-order valence-electron chi connectivity index (χ1n) is 9.91. The highest BCUT2D eigenvalue weighted by molar-refractivity contribution is 6.08. The first-order chi connectivity index (χ1) is 14.2. The molecule has 0 N–H and O–H groups in total. The molecule has 2 aliphatic heterocycles. The Morgan fingerprint density at radius 1 is 0.759 bits per heavy atom. The number of pyridine rings is 1. The Hall–Kier alpha value is -3.47. The fourth-order valence-electron chi connectivity index (χ4n) is 4.23. The van der Waals surface area contributed by atoms with Gasteiger partial charge in [-0.1, -0.05) is 42.5 Å². The second kappa shape index (κ2) is 7.17. The fraction of sp³-hybridized carbons (Fsp3) is 0.208. The van der Waals surface area contributed by atoms with E-state index in [4.69, 9.17) is 0 Å². The smallest absolute Gasteiger partial charge is 0.259 e. The number of anilines is 1. The number of rotatable bonds is 2. The molecule has 1 aromatic heterocycles. The van der Waals surface area contributed by atoms with E-state index in [0.717, 1.165) is 18.5 Å². The van der Waals surface area contributed by atoms with Crippen LogP contribution in [0.15, 0.2) is 67.0 Å². The summed E-state index contributed by atoms with van der Waals surface area (Å²) in [5.41, 5.74) is 5.51. The molecule has 0 radical (unpaired) electrons. The van der Waals surface area contributed by atoms with Crippen molar-refractivity contribution in [3.63, 3.8) is 0 Å². The number of para-hydroxylation sites is 1. The van der Waals surface area contributed by atoms with Crippen molar-refractivity contribution in [1.82, 2.24) is 9.88 Å². The average Bonchev–Trinajstić information content (AvgIpc) is 3.22. The number of benzene rings is 2. The van der Waals surface area contributed by atoms with Crippen LogP contribution in [0.4, 0.5) is 5.69 Å². The van der Waals surface area contributed by atoms with E-state index in [0.29, 0.717) is 30.8 Å². The first kappa shape index (κ1) is 17.6. The number of hydrogen-bond donors (Lipinski definition) is 0. The molecule has 0 atom stereocenters. The Balaban J connectivity index is 1.38. The molecule has 2 amide bonds. The lowest BCUT2D eigenvalue weighted by molar-refractivity contribution is 0.0734. The molecule has 5 heteroatoms. The Morgan fingerprint density at radius 2 is 1.41 bits per heavy atom. The predicted octanol–water partition coefficient (Wildman–Crippen LogP) is 3.48. The van der Waals surface area contributed by atoms with Gasteiger partial charge in [0.15, 0.2) is 0 Å². The minimum Gasteiger partial charge on any atom is -0.334 e. The average molecular weight is 383 g/mol. The topological polar surface area (TPSA) is 53.5 Å². The number of fused-ring (bicyclic) bond motifs is 2. The van der Waals surface area contributed by atoms with Gasteiger partial charge in [-0.3, -0.25) is 14.6 Å². The van der Waals surface area contributed by atoms with Crippen LogP contribution in [0.2, 0.25) is 0 Å². The van der Waals surface area contributed by atoms with Gasteiger partial charge in [0, 0.05) is 37.7 Å². The van der Waals surface area contributed by atoms with Crippen molar-refractivity contribution in [3.05, 3.63) is 94.8 Å². The highest BCUT2D eigenvalue weighted by Crippen LogP contribution is 2.29. The molecule has 2 aromatic carbocycles. The first-order valence-corrected chi connectivity index (χ1v) is 9.91. The van der Waals surface area contributed by atoms with Crippen LogP contribution in [0.1, 0.15) is 37.4 Å². The molecule has 0 unspecified atom stereocenters. The van der Waals surface area contributed by atoms with E-state index in [1.54, 1.807) is 23.4 Å². The zero-order valence-electron chi connectivity index (χ0n) is 16.0. The maximum absolute atomic E-state index is 13.1. The normalized spacial score (nSPS) is 15.0. The van der Waals surface area contributed by atoms with Crippen molar-refractivity contribution >= 4 is 17.5 Å². The molecule has 0 spiro atoms. The molecule has 3 heterocycles. The van der Waals surface area contributed by atoms with E-state index in [1.165, 1.54) is 16.7 Å². The van der Waals surface area contributed by atoms with Crippen LogP contribution >= 0.6 is 0 Å². The van der Waals surface area contributed by atoms with Gasteiger partial charge in [-0.15, -0.1) is 0 Å². The maximum Gasteiger partial charge on any atom is 0.259 e. The molecule has 0 bridgehead atoms. The zero-order chi connectivity index (χ0) is 19.8. The lowest BCUT2D eigenvalue weighted by Gasteiger charge is -2.29. The van der Waals surface area contributed by atoms with Gasteiger partial charge in [0.1, 0.15) is 0 Å². The summed E-state index contributed by atoms with van der Waals surface area (Å²) >= 11 is 0. The maximum atomic E-state index is 13.1. The lowest BCUT2D eigenvalue weighted by atomic mass is 9.99. The molecule has 0 saturated heterocycles. The van der Waals surface area contributed by atoms with Gasteiger partial charge >= 0.3 is 0 Å². The number of carbonyl (C=O) groups is 2. The van der Waals surface area contributed by atoms with Crippen molar-refractivity contribution in [2.45, 2.75) is 19.4 Å². The molecule has 5 rings (SSSR count). The van der Waals surface area contributed by atoms with E-state index in [-0.39, 0.29) is 11.8 Å². The third-order valence-corrected chi connectivity index (χ3v) is 5.78. The molecule has 29 heavy (non-hydrogen) atoms. The van der Waals surface area contributed by atoms with Gasteiger partial charge in [-0.2, -0.15) is 0 Å². The SMILES string of the molecule is O=C(c1cncc(C(=O)N2CCc3ccccc32)c1)N1CCc2ccccc2C1. The standard InChI is InChI=1S/C24H21N3O2/c28-23(26-11-9-17-5-1-2-7-19(17)16-26)20-13-21(15-25-14-20)24(29)27-12-10-18-6-3-4-8-22(18)27/h1-8,13-15H,9-12,16H2. The van der Waals surface area contributed by atoms with Crippen LogP contribution in [0, 0.1) is 0 Å². The molecule has 0 fully saturated rings. The van der Waals surface area contributed by atoms with Gasteiger partial charge in [-0.25, -0.2) is 0 Å². The molecule has 0 saturated carbocycles. The molecule has 3 aromatic rings. The van der Waals surface area contributed by atoms with Gasteiger partial charge in [0.05, 0.1) is 11.1 Å². The van der Waals surface area contributed by atoms with Crippen molar-refractivity contribution in [1.29, 1.82) is 0 Å². The monoisotopic (exact) mass is 383 g/mol. The molecular formula is C24H21N3O2. The molecule has 0 aliphatic carbocycles. The van der Waals surface area contributed by atoms with E-state index in [9.17, 15) is 9.59 Å². The molecule has 144 valence electrons. The van der Waals surface area contributed by atoms with Crippen LogP contribution in [-0.2, 0) is 19.4 Å². The summed E-state index contributed by atoms with van der Waals surface area (Å²) in [7, 11) is 0. The van der Waals surface area contributed by atoms with E-state index >= 15 is 0 Å². The number of amides is 2. The van der Waals surface area contributed by atoms with Gasteiger partial charge in [-0.05, 0) is 41.7 Å². The molecule has 5 nitrogen and oxygen atoms in total. The second-order valence-corrected chi connectivity index (χ2v) is 7.54. The second-order valence-electron chi connectivity index (χ2n) is 7.54. The van der Waals surface area contributed by atoms with Crippen LogP contribution in [0.3, 0.4) is 0 Å². The van der Waals surface area contributed by atoms with Gasteiger partial charge < -0.3 is 9.80 Å². The summed E-state index contributed by atoms with van der Waals surface area (Å²) in [6.07, 6.45) is 4.79. The summed E-state index contributed by atoms with van der Waals surface area (Å²) in [4.78, 5) is 34.0. The summed E-state index contributed by atoms with van der Waals surface area (Å²) in [5.74, 6) is -0.190. The van der Waals surface area contributed by atoms with Crippen LogP contribution in [-0.4, -0.2) is 34.8 Å². The van der Waals surface area contributed by atoms with Crippen LogP contribution < -0.4 is 4.90 Å². The third kappa shape index (κ3) is 3.18.